The zero-order valence-corrected chi connectivity index (χ0v) is 24.6. The van der Waals surface area contributed by atoms with E-state index in [1.54, 1.807) is 6.92 Å². The molecule has 2 aromatic carbocycles. The van der Waals surface area contributed by atoms with E-state index in [4.69, 9.17) is 26.8 Å². The van der Waals surface area contributed by atoms with Gasteiger partial charge in [0, 0.05) is 28.3 Å². The molecule has 0 spiro atoms. The van der Waals surface area contributed by atoms with Crippen LogP contribution in [0.4, 0.5) is 17.6 Å². The minimum absolute atomic E-state index is 0.00935. The fourth-order valence-corrected chi connectivity index (χ4v) is 5.74. The lowest BCUT2D eigenvalue weighted by molar-refractivity contribution is -0.123. The van der Waals surface area contributed by atoms with Gasteiger partial charge in [-0.05, 0) is 56.0 Å². The van der Waals surface area contributed by atoms with E-state index in [1.165, 1.54) is 25.3 Å². The van der Waals surface area contributed by atoms with Crippen molar-refractivity contribution in [3.8, 4) is 22.8 Å². The highest BCUT2D eigenvalue weighted by molar-refractivity contribution is 6.31. The number of primary amides is 1. The smallest absolute Gasteiger partial charge is 0.333 e. The van der Waals surface area contributed by atoms with Gasteiger partial charge >= 0.3 is 6.55 Å². The van der Waals surface area contributed by atoms with Crippen LogP contribution in [0.1, 0.15) is 47.9 Å². The first kappa shape index (κ1) is 30.6. The predicted octanol–water partition coefficient (Wildman–Crippen LogP) is 4.60. The van der Waals surface area contributed by atoms with Crippen LogP contribution in [0.2, 0.25) is 5.02 Å². The Kier molecular flexibility index (Phi) is 7.39. The maximum absolute atomic E-state index is 14.4. The van der Waals surface area contributed by atoms with Crippen LogP contribution in [-0.2, 0) is 15.8 Å². The SMILES string of the molecule is COc1cc(C(=O)NCC(O)(c2cc3c(c(-c4cc(F)c(F)c(Cl)c4)n2)OC[C@]3(C)C(N)=O)C2CC2)cc2cn(C(F)F)nc12. The summed E-state index contributed by atoms with van der Waals surface area (Å²) in [7, 11) is 1.31. The van der Waals surface area contributed by atoms with Crippen molar-refractivity contribution in [3.05, 3.63) is 70.0 Å². The van der Waals surface area contributed by atoms with Gasteiger partial charge < -0.3 is 25.6 Å². The van der Waals surface area contributed by atoms with Crippen LogP contribution in [0.15, 0.2) is 36.5 Å². The molecule has 4 aromatic rings. The van der Waals surface area contributed by atoms with E-state index in [0.29, 0.717) is 17.5 Å². The molecule has 2 amide bonds. The van der Waals surface area contributed by atoms with Crippen LogP contribution in [0.5, 0.6) is 11.5 Å². The fourth-order valence-electron chi connectivity index (χ4n) is 5.53. The van der Waals surface area contributed by atoms with Crippen LogP contribution < -0.4 is 20.5 Å². The van der Waals surface area contributed by atoms with Gasteiger partial charge in [-0.25, -0.2) is 18.4 Å². The number of ether oxygens (including phenoxy) is 2. The van der Waals surface area contributed by atoms with Crippen LogP contribution >= 0.6 is 11.6 Å². The summed E-state index contributed by atoms with van der Waals surface area (Å²) in [6.07, 6.45) is 2.24. The molecule has 1 saturated carbocycles. The standard InChI is InChI=1S/C30H26ClF4N5O5/c1-29(27(36)42)12-45-25-17(29)9-21(38-24(25)13-6-18(31)22(33)19(32)7-13)30(43,16-3-4-16)11-37-26(41)14-5-15-10-40(28(34)35)39-23(15)20(8-14)44-2/h5-10,16,28,43H,3-4,11-12H2,1-2H3,(H2,36,42)(H,37,41)/t29-,30?/m0/s1. The van der Waals surface area contributed by atoms with Crippen LogP contribution in [0.25, 0.3) is 22.2 Å². The van der Waals surface area contributed by atoms with Crippen LogP contribution in [0, 0.1) is 17.6 Å². The van der Waals surface area contributed by atoms with Gasteiger partial charge in [-0.15, -0.1) is 0 Å². The molecule has 1 fully saturated rings. The third-order valence-corrected chi connectivity index (χ3v) is 8.64. The number of nitrogens with two attached hydrogens (primary N) is 1. The Balaban J connectivity index is 1.40. The Morgan fingerprint density at radius 2 is 2.00 bits per heavy atom. The molecule has 2 aliphatic rings. The van der Waals surface area contributed by atoms with E-state index in [2.05, 4.69) is 15.4 Å². The Morgan fingerprint density at radius 3 is 2.62 bits per heavy atom. The number of benzene rings is 2. The molecular formula is C30H26ClF4N5O5. The molecule has 6 rings (SSSR count). The third kappa shape index (κ3) is 5.11. The lowest BCUT2D eigenvalue weighted by Crippen LogP contribution is -2.44. The molecular weight excluding hydrogens is 622 g/mol. The molecule has 1 aliphatic carbocycles. The molecule has 1 unspecified atom stereocenters. The maximum Gasteiger partial charge on any atom is 0.333 e. The number of nitrogens with one attached hydrogen (secondary N) is 1. The summed E-state index contributed by atoms with van der Waals surface area (Å²) < 4.78 is 66.5. The van der Waals surface area contributed by atoms with Crippen LogP contribution in [-0.4, -0.2) is 51.9 Å². The first-order valence-electron chi connectivity index (χ1n) is 13.8. The highest BCUT2D eigenvalue weighted by Crippen LogP contribution is 2.50. The second-order valence-electron chi connectivity index (χ2n) is 11.4. The lowest BCUT2D eigenvalue weighted by atomic mass is 9.81. The molecule has 1 aliphatic heterocycles. The highest BCUT2D eigenvalue weighted by Gasteiger charge is 2.50. The lowest BCUT2D eigenvalue weighted by Gasteiger charge is -2.30. The van der Waals surface area contributed by atoms with Crippen molar-refractivity contribution in [2.75, 3.05) is 20.3 Å². The third-order valence-electron chi connectivity index (χ3n) is 8.36. The van der Waals surface area contributed by atoms with Crippen molar-refractivity contribution in [1.82, 2.24) is 20.1 Å². The molecule has 10 nitrogen and oxygen atoms in total. The first-order valence-corrected chi connectivity index (χ1v) is 14.1. The topological polar surface area (TPSA) is 142 Å². The van der Waals surface area contributed by atoms with Crippen molar-refractivity contribution in [3.63, 3.8) is 0 Å². The number of hydrogen-bond donors (Lipinski definition) is 3. The number of alkyl halides is 2. The summed E-state index contributed by atoms with van der Waals surface area (Å²) in [6, 6.07) is 6.19. The number of fused-ring (bicyclic) bond motifs is 2. The minimum atomic E-state index is -2.90. The molecule has 3 heterocycles. The number of aliphatic hydroxyl groups is 1. The summed E-state index contributed by atoms with van der Waals surface area (Å²) in [4.78, 5) is 30.5. The van der Waals surface area contributed by atoms with Crippen molar-refractivity contribution in [2.24, 2.45) is 11.7 Å². The number of methoxy groups -OCH3 is 1. The molecule has 2 aromatic heterocycles. The number of carbonyl (C=O) groups excluding carboxylic acids is 2. The number of nitrogens with zero attached hydrogens (tertiary/aromatic N) is 3. The van der Waals surface area contributed by atoms with E-state index >= 15 is 0 Å². The van der Waals surface area contributed by atoms with Crippen molar-refractivity contribution in [1.29, 1.82) is 0 Å². The molecule has 0 bridgehead atoms. The van der Waals surface area contributed by atoms with Gasteiger partial charge in [0.05, 0.1) is 24.4 Å². The van der Waals surface area contributed by atoms with Gasteiger partial charge in [-0.2, -0.15) is 13.9 Å². The van der Waals surface area contributed by atoms with Gasteiger partial charge in [0.1, 0.15) is 40.3 Å². The first-order chi connectivity index (χ1) is 21.3. The number of hydrogen-bond acceptors (Lipinski definition) is 7. The highest BCUT2D eigenvalue weighted by atomic mass is 35.5. The Hall–Kier alpha value is -4.43. The molecule has 45 heavy (non-hydrogen) atoms. The summed E-state index contributed by atoms with van der Waals surface area (Å²) in [5.41, 5.74) is 3.09. The quantitative estimate of drug-likeness (QED) is 0.178. The van der Waals surface area contributed by atoms with Gasteiger partial charge in [0.15, 0.2) is 11.6 Å². The zero-order valence-electron chi connectivity index (χ0n) is 23.8. The fraction of sp³-hybridized carbons (Fsp3) is 0.333. The average Bonchev–Trinajstić information content (AvgIpc) is 3.69. The van der Waals surface area contributed by atoms with Crippen LogP contribution in [0.3, 0.4) is 0 Å². The molecule has 0 radical (unpaired) electrons. The number of aromatic nitrogens is 3. The van der Waals surface area contributed by atoms with Crippen molar-refractivity contribution in [2.45, 2.75) is 37.3 Å². The molecule has 15 heteroatoms. The Morgan fingerprint density at radius 1 is 1.27 bits per heavy atom. The Bertz CT molecular complexity index is 1860. The number of rotatable bonds is 9. The summed E-state index contributed by atoms with van der Waals surface area (Å²) in [5, 5.41) is 18.3. The second kappa shape index (κ2) is 10.9. The minimum Gasteiger partial charge on any atom is -0.494 e. The predicted molar refractivity (Wildman–Crippen MR) is 153 cm³/mol. The Labute approximate surface area is 258 Å². The number of halogens is 5. The van der Waals surface area contributed by atoms with E-state index in [9.17, 15) is 32.3 Å². The normalized spacial score (nSPS) is 18.9. The molecule has 4 N–H and O–H groups in total. The van der Waals surface area contributed by atoms with Gasteiger partial charge in [-0.3, -0.25) is 9.59 Å². The van der Waals surface area contributed by atoms with E-state index < -0.39 is 46.0 Å². The molecule has 0 saturated heterocycles. The van der Waals surface area contributed by atoms with Gasteiger partial charge in [0.2, 0.25) is 5.91 Å². The number of amides is 2. The zero-order chi connectivity index (χ0) is 32.4. The summed E-state index contributed by atoms with van der Waals surface area (Å²) >= 11 is 5.93. The van der Waals surface area contributed by atoms with E-state index in [0.717, 1.165) is 18.3 Å². The average molecular weight is 648 g/mol. The molecule has 2 atom stereocenters. The van der Waals surface area contributed by atoms with Gasteiger partial charge in [-0.1, -0.05) is 11.6 Å². The largest absolute Gasteiger partial charge is 0.494 e. The van der Waals surface area contributed by atoms with Crippen molar-refractivity contribution >= 4 is 34.3 Å². The monoisotopic (exact) mass is 647 g/mol. The number of carbonyl (C=O) groups is 2. The maximum atomic E-state index is 14.4. The molecule has 236 valence electrons. The van der Waals surface area contributed by atoms with E-state index in [-0.39, 0.29) is 69.5 Å². The van der Waals surface area contributed by atoms with Gasteiger partial charge in [0.25, 0.3) is 5.91 Å². The summed E-state index contributed by atoms with van der Waals surface area (Å²) in [6.45, 7) is -1.88. The van der Waals surface area contributed by atoms with E-state index in [1.807, 2.05) is 0 Å². The number of pyridine rings is 1. The second-order valence-corrected chi connectivity index (χ2v) is 11.8. The van der Waals surface area contributed by atoms with Crippen molar-refractivity contribution < 1.29 is 41.7 Å². The summed E-state index contributed by atoms with van der Waals surface area (Å²) in [5.74, 6) is -4.07.